The van der Waals surface area contributed by atoms with Crippen molar-refractivity contribution in [3.63, 3.8) is 0 Å². The molecule has 0 bridgehead atoms. The van der Waals surface area contributed by atoms with Crippen LogP contribution in [-0.2, 0) is 59.3 Å². The van der Waals surface area contributed by atoms with Gasteiger partial charge in [0.15, 0.2) is 22.3 Å². The normalized spacial score (nSPS) is 12.2. The molecular formula is C102H113BBr2Cl6N18O13. The first-order valence-electron chi connectivity index (χ1n) is 43.8. The van der Waals surface area contributed by atoms with Gasteiger partial charge in [0.05, 0.1) is 146 Å². The van der Waals surface area contributed by atoms with Crippen molar-refractivity contribution in [1.29, 1.82) is 0 Å². The number of hydrogen-bond donors (Lipinski definition) is 7. The number of pyridine rings is 7. The Morgan fingerprint density at radius 3 is 1.11 bits per heavy atom. The van der Waals surface area contributed by atoms with E-state index in [0.717, 1.165) is 110 Å². The number of amides is 3. The van der Waals surface area contributed by atoms with Crippen molar-refractivity contribution in [1.82, 2.24) is 50.8 Å². The van der Waals surface area contributed by atoms with Crippen molar-refractivity contribution < 1.29 is 60.4 Å². The number of carbonyl (C=O) groups excluding carboxylic acids is 4. The van der Waals surface area contributed by atoms with E-state index in [-0.39, 0.29) is 30.9 Å². The summed E-state index contributed by atoms with van der Waals surface area (Å²) in [7, 11) is 15.3. The Morgan fingerprint density at radius 2 is 0.782 bits per heavy atom. The fraction of sp³-hybridized carbons (Fsp3) is 0.265. The maximum atomic E-state index is 12.1. The van der Waals surface area contributed by atoms with E-state index >= 15 is 0 Å². The topological polar surface area (TPSA) is 410 Å². The highest BCUT2D eigenvalue weighted by molar-refractivity contribution is 9.10. The maximum Gasteiger partial charge on any atom is 0.494 e. The van der Waals surface area contributed by atoms with Gasteiger partial charge >= 0.3 is 19.3 Å². The van der Waals surface area contributed by atoms with Crippen molar-refractivity contribution in [2.45, 2.75) is 118 Å². The van der Waals surface area contributed by atoms with Crippen LogP contribution in [0.15, 0.2) is 240 Å². The number of benzene rings is 4. The van der Waals surface area contributed by atoms with Crippen LogP contribution in [0.5, 0.6) is 0 Å². The van der Waals surface area contributed by atoms with E-state index < -0.39 is 41.7 Å². The zero-order valence-electron chi connectivity index (χ0n) is 81.6. The molecule has 31 nitrogen and oxygen atoms in total. The highest BCUT2D eigenvalue weighted by Crippen LogP contribution is 2.40. The van der Waals surface area contributed by atoms with Crippen LogP contribution in [0.2, 0.25) is 20.1 Å². The van der Waals surface area contributed by atoms with Gasteiger partial charge in [0, 0.05) is 113 Å². The highest BCUT2D eigenvalue weighted by Gasteiger charge is 2.52. The Labute approximate surface area is 872 Å². The molecule has 0 unspecified atom stereocenters. The summed E-state index contributed by atoms with van der Waals surface area (Å²) in [6.07, 6.45) is 17.1. The molecule has 16 rings (SSSR count). The number of nitrogens with two attached hydrogens (primary N) is 4. The van der Waals surface area contributed by atoms with E-state index in [1.54, 1.807) is 73.2 Å². The molecule has 1 fully saturated rings. The molecule has 11 aromatic heterocycles. The number of rotatable bonds is 20. The molecule has 40 heteroatoms. The summed E-state index contributed by atoms with van der Waals surface area (Å²) in [5.74, 6) is 3.14. The zero-order chi connectivity index (χ0) is 104. The number of anilines is 7. The van der Waals surface area contributed by atoms with Gasteiger partial charge in [-0.3, -0.25) is 24.5 Å². The van der Waals surface area contributed by atoms with Crippen molar-refractivity contribution >= 4 is 235 Å². The quantitative estimate of drug-likeness (QED) is 0.00708. The van der Waals surface area contributed by atoms with Crippen LogP contribution < -0.4 is 63.9 Å². The monoisotopic (exact) mass is 2180 g/mol. The molecule has 12 heterocycles. The Hall–Kier alpha value is -12.7. The number of alkyl halides is 2. The lowest BCUT2D eigenvalue weighted by Gasteiger charge is -2.32. The van der Waals surface area contributed by atoms with Crippen molar-refractivity contribution in [3.8, 4) is 33.8 Å². The maximum absolute atomic E-state index is 12.1. The molecule has 0 spiro atoms. The molecule has 1 saturated heterocycles. The number of halogens is 8. The third-order valence-corrected chi connectivity index (χ3v) is 22.4. The second kappa shape index (κ2) is 52.3. The molecule has 4 aromatic carbocycles. The molecule has 142 heavy (non-hydrogen) atoms. The van der Waals surface area contributed by atoms with Crippen LogP contribution in [0.4, 0.5) is 49.7 Å². The summed E-state index contributed by atoms with van der Waals surface area (Å²) in [4.78, 5) is 82.8. The highest BCUT2D eigenvalue weighted by atomic mass is 79.9. The van der Waals surface area contributed by atoms with Crippen molar-refractivity contribution in [2.75, 3.05) is 98.5 Å². The van der Waals surface area contributed by atoms with Crippen LogP contribution in [-0.4, -0.2) is 151 Å². The first kappa shape index (κ1) is 113. The number of alkyl carbamates (subject to hydrolysis) is 2. The Kier molecular flexibility index (Phi) is 41.6. The molecule has 0 saturated carbocycles. The lowest BCUT2D eigenvalue weighted by atomic mass is 9.78. The van der Waals surface area contributed by atoms with Gasteiger partial charge in [0.25, 0.3) is 6.47 Å². The van der Waals surface area contributed by atoms with Crippen LogP contribution in [0.1, 0.15) is 103 Å². The third-order valence-electron chi connectivity index (χ3n) is 20.4. The first-order valence-corrected chi connectivity index (χ1v) is 48.0. The zero-order valence-corrected chi connectivity index (χ0v) is 89.3. The summed E-state index contributed by atoms with van der Waals surface area (Å²) < 4.78 is 51.7. The molecular weight excluding hydrogens is 2070 g/mol. The lowest BCUT2D eigenvalue weighted by Crippen LogP contribution is -2.41. The van der Waals surface area contributed by atoms with Gasteiger partial charge in [0.2, 0.25) is 5.91 Å². The first-order chi connectivity index (χ1) is 67.1. The van der Waals surface area contributed by atoms with Crippen molar-refractivity contribution in [2.24, 2.45) is 5.73 Å². The average Bonchev–Trinajstić information content (AvgIpc) is 1.60. The van der Waals surface area contributed by atoms with Gasteiger partial charge in [-0.2, -0.15) is 0 Å². The molecule has 1 aliphatic rings. The number of aromatic nitrogens is 7. The van der Waals surface area contributed by atoms with Gasteiger partial charge in [-0.05, 0) is 281 Å². The number of nitrogens with zero attached hydrogens (tertiary/aromatic N) is 11. The second-order valence-corrected chi connectivity index (χ2v) is 39.2. The lowest BCUT2D eigenvalue weighted by molar-refractivity contribution is -0.123. The van der Waals surface area contributed by atoms with Gasteiger partial charge in [-0.25, -0.2) is 29.5 Å². The molecule has 1 aliphatic heterocycles. The van der Waals surface area contributed by atoms with Gasteiger partial charge in [-0.1, -0.05) is 52.5 Å². The number of nitrogens with one attached hydrogen (secondary N) is 3. The van der Waals surface area contributed by atoms with Crippen LogP contribution in [0.3, 0.4) is 0 Å². The van der Waals surface area contributed by atoms with E-state index in [1.165, 1.54) is 12.3 Å². The van der Waals surface area contributed by atoms with E-state index in [0.29, 0.717) is 90.0 Å². The second-order valence-electron chi connectivity index (χ2n) is 35.2. The fourth-order valence-electron chi connectivity index (χ4n) is 12.6. The minimum absolute atomic E-state index is 0.194. The van der Waals surface area contributed by atoms with Crippen LogP contribution >= 0.6 is 101 Å². The van der Waals surface area contributed by atoms with Gasteiger partial charge < -0.3 is 99.7 Å². The molecule has 11 N–H and O–H groups in total. The Bertz CT molecular complexity index is 6710. The van der Waals surface area contributed by atoms with E-state index in [1.807, 2.05) is 285 Å². The molecule has 748 valence electrons. The van der Waals surface area contributed by atoms with E-state index in [4.69, 9.17) is 129 Å². The molecule has 0 radical (unpaired) electrons. The number of carbonyl (C=O) groups is 4. The number of hydrogen-bond acceptors (Lipinski definition) is 28. The summed E-state index contributed by atoms with van der Waals surface area (Å²) in [6, 6.07) is 49.1. The SMILES string of the molecule is CC(C)(C)OC(=O)NCc1cc2cc(B3OC(C)(C)C(C)(C)O3)cc(Cl)c2o1.CN(C)c1ccc(-c2cc(Cl)c3oc(CN)cc3c2)nc1.CN(C)c1ccc(-c2cc(Cl)c3oc(CNC(=O)/C=C/c4ccc(N)nc4)cc3c2)nc1.CN(C)c1ccc(-c2cc(Cl)c3oc(CNC(=O)OC(C)(C)C)cc3c2)nc1.CN(C)c1ccc(Br)nc1.ClCCl.Nc1ccc(/C=C/OC=O)cn1.Nc1ccc(Br)nc1. The molecule has 0 aliphatic carbocycles. The average molecular weight is 2180 g/mol. The summed E-state index contributed by atoms with van der Waals surface area (Å²) >= 11 is 41.6. The Balaban J connectivity index is 0.000000192. The largest absolute Gasteiger partial charge is 0.494 e. The standard InChI is InChI=1S/C24H22ClN5O2.C21H24ClN3O3.C20H27BClNO5.C16H16ClN3O.C8H8N2O2.C7H9BrN2.C5H5BrN2.CH2Cl2/c1-30(2)18-5-6-21(27-13-18)16-9-17-10-19(32-24(17)20(25)11-16)14-29-23(31)8-4-15-3-7-22(26)28-12-15;1-21(2,3)28-20(26)24-12-16-9-14-8-13(10-17(22)19(14)27-16)18-7-6-15(11-23-18)25(4)5;1-18(2,3)26-17(24)23-11-14-9-12-8-13(10-15(22)16(12)25-14)21-27-19(4,5)20(6,7)28-21;1-20(2)12-3-4-15(19-9-12)10-5-11-6-13(8-18)21-16(11)14(17)7-10;9-8-2-1-7(5-10-8)3-4-12-6-11;1-10(2)6-3-4-7(8)9-5-6;6-5-2-1-4(7)3-8-5;2-1-3/h3-13H,14H2,1-2H3,(H2,26,28)(H,29,31);6-11H,12H2,1-5H3,(H,24,26);8-10H,11H2,1-7H3,(H,23,24);3-7,9H,8,18H2,1-2H3;1-6H,(H2,9,10);3-5H,1-2H3;1-3H,7H2;1H2/b8-4+;;;;4-3+;;;. The van der Waals surface area contributed by atoms with E-state index in [2.05, 4.69) is 87.4 Å². The van der Waals surface area contributed by atoms with E-state index in [9.17, 15) is 19.2 Å². The smallest absolute Gasteiger partial charge is 0.458 e. The molecule has 0 atom stereocenters. The summed E-state index contributed by atoms with van der Waals surface area (Å²) in [5, 5.41) is 13.8. The Morgan fingerprint density at radius 1 is 0.437 bits per heavy atom. The minimum atomic E-state index is -0.557. The predicted octanol–water partition coefficient (Wildman–Crippen LogP) is 23.4. The van der Waals surface area contributed by atoms with Crippen LogP contribution in [0.25, 0.3) is 89.8 Å². The molecule has 3 amide bonds. The van der Waals surface area contributed by atoms with Gasteiger partial charge in [-0.15, -0.1) is 23.2 Å². The number of ether oxygens (including phenoxy) is 3. The third kappa shape index (κ3) is 34.9. The number of fused-ring (bicyclic) bond motifs is 4. The minimum Gasteiger partial charge on any atom is -0.458 e. The fourth-order valence-corrected chi connectivity index (χ4v) is 14.2. The number of furan rings is 4. The predicted molar refractivity (Wildman–Crippen MR) is 581 cm³/mol. The summed E-state index contributed by atoms with van der Waals surface area (Å²) in [5.41, 5.74) is 34.9. The molecule has 15 aromatic rings. The van der Waals surface area contributed by atoms with Crippen LogP contribution in [0, 0.1) is 0 Å². The number of nitrogen functional groups attached to an aromatic ring is 3. The summed E-state index contributed by atoms with van der Waals surface area (Å²) in [6.45, 7) is 20.2. The van der Waals surface area contributed by atoms with Crippen molar-refractivity contribution in [3.05, 3.63) is 277 Å². The van der Waals surface area contributed by atoms with Gasteiger partial charge in [0.1, 0.15) is 55.1 Å².